The number of hydrogen-bond donors (Lipinski definition) is 2. The number of benzene rings is 4. The number of aryl methyl sites for hydroxylation is 1. The summed E-state index contributed by atoms with van der Waals surface area (Å²) in [6, 6.07) is 30.5. The van der Waals surface area contributed by atoms with Gasteiger partial charge in [-0.3, -0.25) is 0 Å². The molecule has 4 aromatic carbocycles. The van der Waals surface area contributed by atoms with Crippen molar-refractivity contribution in [2.75, 3.05) is 17.5 Å². The van der Waals surface area contributed by atoms with Gasteiger partial charge in [0.25, 0.3) is 0 Å². The minimum absolute atomic E-state index is 0.150. The number of anilines is 2. The SMILES string of the molecule is CCCCC(CC)CCc1ccc(-c2ccc(-c3ccc(-c4ccc(NNc5ccc(OCC(CC)CCCC)cc5)cc4)c4nsnc34)s2)c(F)c1. The van der Waals surface area contributed by atoms with Crippen molar-refractivity contribution >= 4 is 45.5 Å². The predicted octanol–water partition coefficient (Wildman–Crippen LogP) is 14.1. The van der Waals surface area contributed by atoms with Crippen molar-refractivity contribution in [3.63, 3.8) is 0 Å². The van der Waals surface area contributed by atoms with Gasteiger partial charge >= 0.3 is 0 Å². The van der Waals surface area contributed by atoms with Gasteiger partial charge in [-0.05, 0) is 96.8 Å². The number of unbranched alkanes of at least 4 members (excludes halogenated alkanes) is 2. The van der Waals surface area contributed by atoms with Gasteiger partial charge in [0.1, 0.15) is 22.6 Å². The number of halogens is 1. The Bertz CT molecular complexity index is 2020. The van der Waals surface area contributed by atoms with E-state index >= 15 is 4.39 Å². The highest BCUT2D eigenvalue weighted by Crippen LogP contribution is 2.41. The van der Waals surface area contributed by atoms with E-state index in [1.165, 1.54) is 56.7 Å². The van der Waals surface area contributed by atoms with Crippen LogP contribution in [0.2, 0.25) is 0 Å². The number of aromatic nitrogens is 2. The summed E-state index contributed by atoms with van der Waals surface area (Å²) in [5.74, 6) is 2.07. The molecule has 53 heavy (non-hydrogen) atoms. The van der Waals surface area contributed by atoms with E-state index in [1.54, 1.807) is 17.4 Å². The van der Waals surface area contributed by atoms with E-state index in [0.29, 0.717) is 17.4 Å². The first-order valence-corrected chi connectivity index (χ1v) is 21.0. The Morgan fingerprint density at radius 2 is 1.23 bits per heavy atom. The van der Waals surface area contributed by atoms with Gasteiger partial charge in [-0.25, -0.2) is 4.39 Å². The van der Waals surface area contributed by atoms with Gasteiger partial charge in [-0.2, -0.15) is 8.75 Å². The Morgan fingerprint density at radius 3 is 1.87 bits per heavy atom. The molecule has 278 valence electrons. The predicted molar refractivity (Wildman–Crippen MR) is 226 cm³/mol. The molecule has 0 saturated heterocycles. The molecule has 8 heteroatoms. The van der Waals surface area contributed by atoms with E-state index in [4.69, 9.17) is 13.5 Å². The zero-order chi connectivity index (χ0) is 37.0. The molecule has 2 unspecified atom stereocenters. The van der Waals surface area contributed by atoms with Crippen molar-refractivity contribution in [1.82, 2.24) is 8.75 Å². The maximum atomic E-state index is 15.4. The van der Waals surface area contributed by atoms with E-state index in [0.717, 1.165) is 86.0 Å². The van der Waals surface area contributed by atoms with Crippen LogP contribution < -0.4 is 15.6 Å². The molecule has 6 rings (SSSR count). The standard InChI is InChI=1S/C45H53FN4OS2/c1-5-9-11-31(7-3)13-14-33-15-24-39(41(46)29-33)42-27-28-43(52-42)40-26-25-38(44-45(40)50-53-49-44)34-16-18-35(19-17-34)47-48-36-20-22-37(23-21-36)51-30-32(8-4)12-10-6-2/h15-29,31-32,47-48H,5-14,30H2,1-4H3. The number of hydrogen-bond acceptors (Lipinski definition) is 7. The number of ether oxygens (including phenoxy) is 1. The monoisotopic (exact) mass is 748 g/mol. The van der Waals surface area contributed by atoms with E-state index in [2.05, 4.69) is 87.1 Å². The molecule has 2 N–H and O–H groups in total. The topological polar surface area (TPSA) is 59.1 Å². The van der Waals surface area contributed by atoms with Gasteiger partial charge in [0, 0.05) is 26.4 Å². The maximum Gasteiger partial charge on any atom is 0.132 e. The molecule has 0 radical (unpaired) electrons. The van der Waals surface area contributed by atoms with Crippen molar-refractivity contribution in [2.45, 2.75) is 91.9 Å². The molecule has 2 atom stereocenters. The summed E-state index contributed by atoms with van der Waals surface area (Å²) in [5, 5.41) is 0. The van der Waals surface area contributed by atoms with Crippen molar-refractivity contribution in [3.8, 4) is 37.8 Å². The van der Waals surface area contributed by atoms with Gasteiger partial charge in [0.2, 0.25) is 0 Å². The minimum atomic E-state index is -0.150. The van der Waals surface area contributed by atoms with Crippen LogP contribution in [-0.2, 0) is 6.42 Å². The average Bonchev–Trinajstić information content (AvgIpc) is 3.89. The Labute approximate surface area is 323 Å². The van der Waals surface area contributed by atoms with Crippen molar-refractivity contribution in [2.24, 2.45) is 11.8 Å². The highest BCUT2D eigenvalue weighted by molar-refractivity contribution is 7.19. The van der Waals surface area contributed by atoms with Crippen LogP contribution in [0.4, 0.5) is 15.8 Å². The van der Waals surface area contributed by atoms with Crippen molar-refractivity contribution in [1.29, 1.82) is 0 Å². The third-order valence-electron chi connectivity index (χ3n) is 10.4. The van der Waals surface area contributed by atoms with Crippen molar-refractivity contribution < 1.29 is 9.13 Å². The number of rotatable bonds is 20. The second-order valence-electron chi connectivity index (χ2n) is 14.1. The molecule has 0 aliphatic heterocycles. The highest BCUT2D eigenvalue weighted by Gasteiger charge is 2.17. The average molecular weight is 749 g/mol. The fraction of sp³-hybridized carbons (Fsp3) is 0.378. The molecular formula is C45H53FN4OS2. The van der Waals surface area contributed by atoms with E-state index in [1.807, 2.05) is 36.4 Å². The molecular weight excluding hydrogens is 696 g/mol. The molecule has 0 amide bonds. The summed E-state index contributed by atoms with van der Waals surface area (Å²) >= 11 is 2.82. The normalized spacial score (nSPS) is 12.5. The number of fused-ring (bicyclic) bond motifs is 1. The van der Waals surface area contributed by atoms with Gasteiger partial charge in [-0.1, -0.05) is 109 Å². The van der Waals surface area contributed by atoms with Crippen LogP contribution in [0.5, 0.6) is 5.75 Å². The van der Waals surface area contributed by atoms with E-state index in [9.17, 15) is 0 Å². The fourth-order valence-corrected chi connectivity index (χ4v) is 8.51. The lowest BCUT2D eigenvalue weighted by Crippen LogP contribution is -2.11. The molecule has 0 fully saturated rings. The molecule has 5 nitrogen and oxygen atoms in total. The Balaban J connectivity index is 1.08. The summed E-state index contributed by atoms with van der Waals surface area (Å²) in [6.45, 7) is 9.76. The number of hydrazine groups is 1. The molecule has 0 saturated carbocycles. The molecule has 2 aromatic heterocycles. The molecule has 0 aliphatic carbocycles. The van der Waals surface area contributed by atoms with Crippen LogP contribution in [0.1, 0.15) is 91.0 Å². The molecule has 0 aliphatic rings. The smallest absolute Gasteiger partial charge is 0.132 e. The first-order valence-electron chi connectivity index (χ1n) is 19.5. The molecule has 0 bridgehead atoms. The second kappa shape index (κ2) is 19.2. The molecule has 2 heterocycles. The zero-order valence-corrected chi connectivity index (χ0v) is 33.2. The Kier molecular flexibility index (Phi) is 13.9. The van der Waals surface area contributed by atoms with Crippen LogP contribution in [-0.4, -0.2) is 15.4 Å². The molecule has 6 aromatic rings. The minimum Gasteiger partial charge on any atom is -0.493 e. The number of nitrogens with one attached hydrogen (secondary N) is 2. The van der Waals surface area contributed by atoms with Crippen LogP contribution in [0.25, 0.3) is 43.0 Å². The lowest BCUT2D eigenvalue weighted by atomic mass is 9.92. The van der Waals surface area contributed by atoms with Crippen molar-refractivity contribution in [3.05, 3.63) is 102 Å². The van der Waals surface area contributed by atoms with Gasteiger partial charge < -0.3 is 15.6 Å². The van der Waals surface area contributed by atoms with Gasteiger partial charge in [0.15, 0.2) is 0 Å². The maximum absolute atomic E-state index is 15.4. The summed E-state index contributed by atoms with van der Waals surface area (Å²) in [7, 11) is 0. The fourth-order valence-electron chi connectivity index (χ4n) is 6.88. The Hall–Kier alpha value is -4.27. The Morgan fingerprint density at radius 1 is 0.642 bits per heavy atom. The molecule has 0 spiro atoms. The lowest BCUT2D eigenvalue weighted by molar-refractivity contribution is 0.233. The summed E-state index contributed by atoms with van der Waals surface area (Å²) in [4.78, 5) is 1.97. The highest BCUT2D eigenvalue weighted by atomic mass is 32.1. The summed E-state index contributed by atoms with van der Waals surface area (Å²) in [5.41, 5.74) is 15.1. The number of thiophene rings is 1. The van der Waals surface area contributed by atoms with Crippen LogP contribution in [0, 0.1) is 17.7 Å². The first-order chi connectivity index (χ1) is 26.0. The zero-order valence-electron chi connectivity index (χ0n) is 31.6. The largest absolute Gasteiger partial charge is 0.493 e. The second-order valence-corrected chi connectivity index (χ2v) is 15.7. The van der Waals surface area contributed by atoms with Gasteiger partial charge in [0.05, 0.1) is 29.7 Å². The lowest BCUT2D eigenvalue weighted by Gasteiger charge is -2.16. The van der Waals surface area contributed by atoms with E-state index < -0.39 is 0 Å². The third kappa shape index (κ3) is 10.0. The van der Waals surface area contributed by atoms with E-state index in [-0.39, 0.29) is 5.82 Å². The van der Waals surface area contributed by atoms with Crippen LogP contribution in [0.15, 0.2) is 91.0 Å². The summed E-state index contributed by atoms with van der Waals surface area (Å²) < 4.78 is 30.9. The van der Waals surface area contributed by atoms with Crippen LogP contribution in [0.3, 0.4) is 0 Å². The van der Waals surface area contributed by atoms with Gasteiger partial charge in [-0.15, -0.1) is 11.3 Å². The third-order valence-corrected chi connectivity index (χ3v) is 12.1. The number of nitrogens with zero attached hydrogens (tertiary/aromatic N) is 2. The first kappa shape index (κ1) is 38.5. The summed E-state index contributed by atoms with van der Waals surface area (Å²) in [6.07, 6.45) is 11.9. The quantitative estimate of drug-likeness (QED) is 0.0761. The van der Waals surface area contributed by atoms with Crippen LogP contribution >= 0.6 is 23.1 Å².